The lowest BCUT2D eigenvalue weighted by molar-refractivity contribution is 0.597. The van der Waals surface area contributed by atoms with Crippen LogP contribution in [-0.4, -0.2) is 19.9 Å². The number of rotatable bonds is 5. The molecule has 0 heterocycles. The van der Waals surface area contributed by atoms with E-state index in [0.717, 1.165) is 9.37 Å². The fourth-order valence-corrected chi connectivity index (χ4v) is 4.53. The van der Waals surface area contributed by atoms with E-state index < -0.39 is 9.84 Å². The molecule has 0 amide bonds. The summed E-state index contributed by atoms with van der Waals surface area (Å²) in [6, 6.07) is 14.1. The zero-order valence-electron chi connectivity index (χ0n) is 10.6. The largest absolute Gasteiger partial charge is 0.399 e. The van der Waals surface area contributed by atoms with Crippen LogP contribution in [0.1, 0.15) is 0 Å². The Morgan fingerprint density at radius 1 is 1.10 bits per heavy atom. The molecular formula is C14H14BrNO2S2. The van der Waals surface area contributed by atoms with Gasteiger partial charge in [-0.25, -0.2) is 8.42 Å². The molecule has 0 saturated heterocycles. The van der Waals surface area contributed by atoms with Crippen LogP contribution in [0, 0.1) is 0 Å². The highest BCUT2D eigenvalue weighted by Crippen LogP contribution is 2.22. The molecule has 0 aliphatic heterocycles. The number of anilines is 1. The number of sulfone groups is 1. The minimum Gasteiger partial charge on any atom is -0.399 e. The maximum absolute atomic E-state index is 12.1. The molecule has 0 fully saturated rings. The molecule has 0 atom stereocenters. The van der Waals surface area contributed by atoms with Gasteiger partial charge < -0.3 is 5.73 Å². The van der Waals surface area contributed by atoms with Gasteiger partial charge in [-0.05, 0) is 42.5 Å². The third-order valence-electron chi connectivity index (χ3n) is 2.65. The Balaban J connectivity index is 1.98. The second-order valence-corrected chi connectivity index (χ2v) is 8.39. The normalized spacial score (nSPS) is 11.4. The minimum atomic E-state index is -3.23. The molecule has 0 aliphatic rings. The van der Waals surface area contributed by atoms with Gasteiger partial charge in [0.05, 0.1) is 10.6 Å². The number of benzene rings is 2. The Morgan fingerprint density at radius 3 is 2.45 bits per heavy atom. The summed E-state index contributed by atoms with van der Waals surface area (Å²) in [5, 5.41) is 0. The molecule has 2 aromatic rings. The average molecular weight is 372 g/mol. The summed E-state index contributed by atoms with van der Waals surface area (Å²) in [6.45, 7) is 0. The lowest BCUT2D eigenvalue weighted by Crippen LogP contribution is -2.08. The highest BCUT2D eigenvalue weighted by atomic mass is 79.9. The molecular weight excluding hydrogens is 358 g/mol. The van der Waals surface area contributed by atoms with Crippen LogP contribution >= 0.6 is 27.7 Å². The molecule has 0 radical (unpaired) electrons. The third-order valence-corrected chi connectivity index (χ3v) is 6.17. The summed E-state index contributed by atoms with van der Waals surface area (Å²) in [6.07, 6.45) is 0. The van der Waals surface area contributed by atoms with Crippen molar-refractivity contribution >= 4 is 43.2 Å². The van der Waals surface area contributed by atoms with Crippen LogP contribution in [0.3, 0.4) is 0 Å². The predicted molar refractivity (Wildman–Crippen MR) is 87.8 cm³/mol. The Hall–Kier alpha value is -0.980. The molecule has 0 bridgehead atoms. The quantitative estimate of drug-likeness (QED) is 0.644. The Bertz CT molecular complexity index is 685. The summed E-state index contributed by atoms with van der Waals surface area (Å²) in [7, 11) is -3.23. The van der Waals surface area contributed by atoms with Crippen molar-refractivity contribution in [2.45, 2.75) is 9.79 Å². The van der Waals surface area contributed by atoms with Crippen LogP contribution in [0.5, 0.6) is 0 Å². The van der Waals surface area contributed by atoms with Crippen LogP contribution in [0.25, 0.3) is 0 Å². The first-order valence-electron chi connectivity index (χ1n) is 5.94. The van der Waals surface area contributed by atoms with Crippen LogP contribution in [-0.2, 0) is 9.84 Å². The van der Waals surface area contributed by atoms with E-state index in [1.54, 1.807) is 24.3 Å². The van der Waals surface area contributed by atoms with E-state index in [-0.39, 0.29) is 5.75 Å². The molecule has 0 aromatic heterocycles. The van der Waals surface area contributed by atoms with Crippen molar-refractivity contribution in [3.63, 3.8) is 0 Å². The van der Waals surface area contributed by atoms with Crippen molar-refractivity contribution in [2.75, 3.05) is 17.2 Å². The van der Waals surface area contributed by atoms with Gasteiger partial charge in [0.2, 0.25) is 0 Å². The molecule has 3 nitrogen and oxygen atoms in total. The topological polar surface area (TPSA) is 60.2 Å². The fourth-order valence-electron chi connectivity index (χ4n) is 1.63. The van der Waals surface area contributed by atoms with E-state index in [1.165, 1.54) is 11.8 Å². The maximum atomic E-state index is 12.1. The number of nitrogens with two attached hydrogens (primary N) is 1. The van der Waals surface area contributed by atoms with E-state index in [0.29, 0.717) is 16.3 Å². The molecule has 20 heavy (non-hydrogen) atoms. The lowest BCUT2D eigenvalue weighted by Gasteiger charge is -2.05. The van der Waals surface area contributed by atoms with E-state index in [2.05, 4.69) is 15.9 Å². The smallest absolute Gasteiger partial charge is 0.179 e. The standard InChI is InChI=1S/C14H14BrNO2S2/c15-11-4-6-14(7-5-11)20(17,18)9-8-19-13-3-1-2-12(16)10-13/h1-7,10H,8-9,16H2. The van der Waals surface area contributed by atoms with Crippen LogP contribution in [0.15, 0.2) is 62.8 Å². The van der Waals surface area contributed by atoms with Crippen molar-refractivity contribution in [1.29, 1.82) is 0 Å². The van der Waals surface area contributed by atoms with Gasteiger partial charge in [-0.1, -0.05) is 22.0 Å². The number of hydrogen-bond donors (Lipinski definition) is 1. The van der Waals surface area contributed by atoms with Crippen molar-refractivity contribution < 1.29 is 8.42 Å². The first-order valence-corrected chi connectivity index (χ1v) is 9.37. The zero-order valence-corrected chi connectivity index (χ0v) is 13.8. The molecule has 0 aliphatic carbocycles. The number of nitrogen functional groups attached to an aromatic ring is 1. The van der Waals surface area contributed by atoms with Gasteiger partial charge >= 0.3 is 0 Å². The summed E-state index contributed by atoms with van der Waals surface area (Å²) >= 11 is 4.78. The highest BCUT2D eigenvalue weighted by Gasteiger charge is 2.13. The van der Waals surface area contributed by atoms with E-state index in [1.807, 2.05) is 24.3 Å². The molecule has 0 saturated carbocycles. The molecule has 6 heteroatoms. The van der Waals surface area contributed by atoms with Gasteiger partial charge in [0.15, 0.2) is 9.84 Å². The average Bonchev–Trinajstić information content (AvgIpc) is 2.39. The molecule has 106 valence electrons. The van der Waals surface area contributed by atoms with Gasteiger partial charge in [0.25, 0.3) is 0 Å². The second-order valence-electron chi connectivity index (χ2n) is 4.19. The van der Waals surface area contributed by atoms with E-state index in [4.69, 9.17) is 5.73 Å². The third kappa shape index (κ3) is 4.26. The Kier molecular flexibility index (Phi) is 5.12. The molecule has 0 spiro atoms. The Labute approximate surface area is 131 Å². The van der Waals surface area contributed by atoms with Gasteiger partial charge in [-0.3, -0.25) is 0 Å². The molecule has 2 N–H and O–H groups in total. The van der Waals surface area contributed by atoms with Crippen LogP contribution in [0.4, 0.5) is 5.69 Å². The number of thioether (sulfide) groups is 1. The van der Waals surface area contributed by atoms with E-state index >= 15 is 0 Å². The summed E-state index contributed by atoms with van der Waals surface area (Å²) in [5.74, 6) is 0.607. The molecule has 2 rings (SSSR count). The van der Waals surface area contributed by atoms with Gasteiger partial charge in [-0.2, -0.15) is 0 Å². The minimum absolute atomic E-state index is 0.105. The summed E-state index contributed by atoms with van der Waals surface area (Å²) in [5.41, 5.74) is 6.37. The summed E-state index contributed by atoms with van der Waals surface area (Å²) in [4.78, 5) is 1.34. The second kappa shape index (κ2) is 6.65. The SMILES string of the molecule is Nc1cccc(SCCS(=O)(=O)c2ccc(Br)cc2)c1. The van der Waals surface area contributed by atoms with Crippen molar-refractivity contribution in [3.05, 3.63) is 53.0 Å². The zero-order chi connectivity index (χ0) is 14.6. The first-order chi connectivity index (χ1) is 9.47. The highest BCUT2D eigenvalue weighted by molar-refractivity contribution is 9.10. The van der Waals surface area contributed by atoms with Crippen molar-refractivity contribution in [3.8, 4) is 0 Å². The summed E-state index contributed by atoms with van der Waals surface area (Å²) < 4.78 is 25.2. The van der Waals surface area contributed by atoms with Crippen molar-refractivity contribution in [1.82, 2.24) is 0 Å². The van der Waals surface area contributed by atoms with Gasteiger partial charge in [0, 0.05) is 20.8 Å². The van der Waals surface area contributed by atoms with Crippen LogP contribution < -0.4 is 5.73 Å². The van der Waals surface area contributed by atoms with Crippen LogP contribution in [0.2, 0.25) is 0 Å². The first kappa shape index (κ1) is 15.4. The van der Waals surface area contributed by atoms with E-state index in [9.17, 15) is 8.42 Å². The van der Waals surface area contributed by atoms with Crippen molar-refractivity contribution in [2.24, 2.45) is 0 Å². The fraction of sp³-hybridized carbons (Fsp3) is 0.143. The number of halogens is 1. The number of hydrogen-bond acceptors (Lipinski definition) is 4. The Morgan fingerprint density at radius 2 is 1.80 bits per heavy atom. The maximum Gasteiger partial charge on any atom is 0.179 e. The molecule has 0 unspecified atom stereocenters. The predicted octanol–water partition coefficient (Wildman–Crippen LogP) is 3.60. The van der Waals surface area contributed by atoms with Gasteiger partial charge in [-0.15, -0.1) is 11.8 Å². The lowest BCUT2D eigenvalue weighted by atomic mass is 10.3. The monoisotopic (exact) mass is 371 g/mol. The molecule has 2 aromatic carbocycles. The van der Waals surface area contributed by atoms with Gasteiger partial charge in [0.1, 0.15) is 0 Å².